The highest BCUT2D eigenvalue weighted by molar-refractivity contribution is 8.18. The van der Waals surface area contributed by atoms with Crippen LogP contribution in [0.3, 0.4) is 0 Å². The zero-order valence-corrected chi connectivity index (χ0v) is 20.9. The van der Waals surface area contributed by atoms with Crippen LogP contribution in [-0.4, -0.2) is 28.7 Å². The number of nitrogens with zero attached hydrogens (tertiary/aromatic N) is 1. The van der Waals surface area contributed by atoms with Gasteiger partial charge >= 0.3 is 0 Å². The molecule has 1 atom stereocenters. The van der Waals surface area contributed by atoms with Gasteiger partial charge < -0.3 is 9.47 Å². The zero-order valence-electron chi connectivity index (χ0n) is 19.3. The summed E-state index contributed by atoms with van der Waals surface area (Å²) in [5.41, 5.74) is 1.71. The summed E-state index contributed by atoms with van der Waals surface area (Å²) in [5, 5.41) is 2.38. The van der Waals surface area contributed by atoms with Crippen molar-refractivity contribution >= 4 is 51.4 Å². The molecule has 1 heterocycles. The van der Waals surface area contributed by atoms with Crippen molar-refractivity contribution in [2.24, 2.45) is 0 Å². The first-order chi connectivity index (χ1) is 16.4. The smallest absolute Gasteiger partial charge is 0.293 e. The molecule has 0 aromatic heterocycles. The van der Waals surface area contributed by atoms with Crippen LogP contribution in [0.25, 0.3) is 16.8 Å². The van der Waals surface area contributed by atoms with Gasteiger partial charge in [0.25, 0.3) is 11.1 Å². The van der Waals surface area contributed by atoms with Crippen molar-refractivity contribution in [3.63, 3.8) is 0 Å². The average Bonchev–Trinajstić information content (AvgIpc) is 3.10. The number of ether oxygens (including phenoxy) is 2. The monoisotopic (exact) mass is 495 g/mol. The van der Waals surface area contributed by atoms with Crippen LogP contribution in [0.5, 0.6) is 11.5 Å². The van der Waals surface area contributed by atoms with Gasteiger partial charge in [-0.1, -0.05) is 61.0 Å². The minimum absolute atomic E-state index is 0.147. The minimum atomic E-state index is -0.283. The van der Waals surface area contributed by atoms with Gasteiger partial charge in [-0.2, -0.15) is 0 Å². The van der Waals surface area contributed by atoms with Gasteiger partial charge in [0, 0.05) is 6.04 Å². The van der Waals surface area contributed by atoms with E-state index in [1.54, 1.807) is 18.2 Å². The van der Waals surface area contributed by atoms with E-state index in [0.717, 1.165) is 28.1 Å². The maximum atomic E-state index is 12.8. The van der Waals surface area contributed by atoms with Crippen molar-refractivity contribution in [2.45, 2.75) is 39.8 Å². The number of carbonyl (C=O) groups excluding carboxylic acids is 2. The maximum absolute atomic E-state index is 12.8. The molecular formula is C27H26ClNO4S. The Bertz CT molecular complexity index is 1270. The number of amides is 2. The van der Waals surface area contributed by atoms with Crippen molar-refractivity contribution in [2.75, 3.05) is 6.61 Å². The number of hydrogen-bond donors (Lipinski definition) is 0. The number of imide groups is 1. The molecule has 0 unspecified atom stereocenters. The molecule has 7 heteroatoms. The van der Waals surface area contributed by atoms with E-state index >= 15 is 0 Å². The second-order valence-corrected chi connectivity index (χ2v) is 9.40. The normalized spacial score (nSPS) is 15.9. The molecule has 1 saturated heterocycles. The lowest BCUT2D eigenvalue weighted by Crippen LogP contribution is -2.36. The molecule has 5 nitrogen and oxygen atoms in total. The third kappa shape index (κ3) is 4.93. The highest BCUT2D eigenvalue weighted by Crippen LogP contribution is 2.40. The van der Waals surface area contributed by atoms with Crippen molar-refractivity contribution in [3.8, 4) is 11.5 Å². The van der Waals surface area contributed by atoms with E-state index in [1.807, 2.05) is 45.0 Å². The SMILES string of the molecule is CCOc1cc(/C=C2/SC(=O)N([C@H](C)CC)C2=O)cc(Cl)c1OCc1cccc2ccccc12. The third-order valence-electron chi connectivity index (χ3n) is 5.74. The van der Waals surface area contributed by atoms with Crippen LogP contribution in [-0.2, 0) is 11.4 Å². The highest BCUT2D eigenvalue weighted by atomic mass is 35.5. The highest BCUT2D eigenvalue weighted by Gasteiger charge is 2.37. The fraction of sp³-hybridized carbons (Fsp3) is 0.259. The van der Waals surface area contributed by atoms with Crippen molar-refractivity contribution in [1.82, 2.24) is 4.90 Å². The predicted molar refractivity (Wildman–Crippen MR) is 138 cm³/mol. The second-order valence-electron chi connectivity index (χ2n) is 8.00. The van der Waals surface area contributed by atoms with Crippen LogP contribution in [0.1, 0.15) is 38.3 Å². The lowest BCUT2D eigenvalue weighted by Gasteiger charge is -2.19. The molecule has 0 N–H and O–H groups in total. The van der Waals surface area contributed by atoms with Crippen LogP contribution < -0.4 is 9.47 Å². The topological polar surface area (TPSA) is 55.8 Å². The molecule has 34 heavy (non-hydrogen) atoms. The molecule has 0 bridgehead atoms. The first-order valence-corrected chi connectivity index (χ1v) is 12.4. The van der Waals surface area contributed by atoms with Gasteiger partial charge in [-0.05, 0) is 72.1 Å². The first kappa shape index (κ1) is 24.2. The Labute approximate surface area is 208 Å². The van der Waals surface area contributed by atoms with Gasteiger partial charge in [0.1, 0.15) is 6.61 Å². The van der Waals surface area contributed by atoms with E-state index < -0.39 is 0 Å². The predicted octanol–water partition coefficient (Wildman–Crippen LogP) is 7.31. The van der Waals surface area contributed by atoms with E-state index in [4.69, 9.17) is 21.1 Å². The Morgan fingerprint density at radius 3 is 2.59 bits per heavy atom. The summed E-state index contributed by atoms with van der Waals surface area (Å²) in [5.74, 6) is 0.652. The van der Waals surface area contributed by atoms with Crippen LogP contribution in [0.4, 0.5) is 4.79 Å². The van der Waals surface area contributed by atoms with E-state index in [2.05, 4.69) is 18.2 Å². The molecule has 176 valence electrons. The van der Waals surface area contributed by atoms with Gasteiger partial charge in [-0.25, -0.2) is 0 Å². The average molecular weight is 496 g/mol. The summed E-state index contributed by atoms with van der Waals surface area (Å²) in [4.78, 5) is 26.8. The fourth-order valence-electron chi connectivity index (χ4n) is 3.84. The third-order valence-corrected chi connectivity index (χ3v) is 6.90. The maximum Gasteiger partial charge on any atom is 0.293 e. The van der Waals surface area contributed by atoms with Gasteiger partial charge in [0.2, 0.25) is 0 Å². The Morgan fingerprint density at radius 2 is 1.82 bits per heavy atom. The van der Waals surface area contributed by atoms with Gasteiger partial charge in [-0.15, -0.1) is 0 Å². The largest absolute Gasteiger partial charge is 0.490 e. The first-order valence-electron chi connectivity index (χ1n) is 11.3. The summed E-state index contributed by atoms with van der Waals surface area (Å²) in [6.07, 6.45) is 2.38. The molecule has 1 aliphatic heterocycles. The van der Waals surface area contributed by atoms with E-state index in [1.165, 1.54) is 4.90 Å². The van der Waals surface area contributed by atoms with Crippen molar-refractivity contribution < 1.29 is 19.1 Å². The molecule has 0 spiro atoms. The second kappa shape index (κ2) is 10.5. The number of halogens is 1. The quantitative estimate of drug-likeness (QED) is 0.307. The van der Waals surface area contributed by atoms with Crippen LogP contribution in [0, 0.1) is 0 Å². The van der Waals surface area contributed by atoms with Crippen LogP contribution >= 0.6 is 23.4 Å². The number of rotatable bonds is 8. The lowest BCUT2D eigenvalue weighted by molar-refractivity contribution is -0.124. The minimum Gasteiger partial charge on any atom is -0.490 e. The summed E-state index contributed by atoms with van der Waals surface area (Å²) >= 11 is 7.55. The van der Waals surface area contributed by atoms with E-state index in [9.17, 15) is 9.59 Å². The number of benzene rings is 3. The van der Waals surface area contributed by atoms with E-state index in [-0.39, 0.29) is 17.2 Å². The van der Waals surface area contributed by atoms with Gasteiger partial charge in [0.15, 0.2) is 11.5 Å². The molecule has 3 aromatic carbocycles. The Kier molecular flexibility index (Phi) is 7.49. The van der Waals surface area contributed by atoms with Gasteiger partial charge in [0.05, 0.1) is 16.5 Å². The Hall–Kier alpha value is -2.96. The van der Waals surface area contributed by atoms with E-state index in [0.29, 0.717) is 46.6 Å². The number of thioether (sulfide) groups is 1. The summed E-state index contributed by atoms with van der Waals surface area (Å²) in [6, 6.07) is 17.6. The number of fused-ring (bicyclic) bond motifs is 1. The molecule has 3 aromatic rings. The zero-order chi connectivity index (χ0) is 24.2. The van der Waals surface area contributed by atoms with Crippen molar-refractivity contribution in [1.29, 1.82) is 0 Å². The molecule has 1 fully saturated rings. The summed E-state index contributed by atoms with van der Waals surface area (Å²) in [6.45, 7) is 6.45. The Morgan fingerprint density at radius 1 is 1.06 bits per heavy atom. The molecular weight excluding hydrogens is 470 g/mol. The molecule has 2 amide bonds. The fourth-order valence-corrected chi connectivity index (χ4v) is 5.04. The summed E-state index contributed by atoms with van der Waals surface area (Å²) in [7, 11) is 0. The standard InChI is InChI=1S/C27H26ClNO4S/c1-4-17(3)29-26(30)24(34-27(29)31)15-18-13-22(28)25(23(14-18)32-5-2)33-16-20-11-8-10-19-9-6-7-12-21(19)20/h6-15,17H,4-5,16H2,1-3H3/b24-15+/t17-/m1/s1. The van der Waals surface area contributed by atoms with Gasteiger partial charge in [-0.3, -0.25) is 14.5 Å². The summed E-state index contributed by atoms with van der Waals surface area (Å²) < 4.78 is 11.9. The molecule has 0 saturated carbocycles. The van der Waals surface area contributed by atoms with Crippen LogP contribution in [0.15, 0.2) is 59.5 Å². The van der Waals surface area contributed by atoms with Crippen molar-refractivity contribution in [3.05, 3.63) is 75.7 Å². The lowest BCUT2D eigenvalue weighted by atomic mass is 10.1. The number of carbonyl (C=O) groups is 2. The molecule has 1 aliphatic rings. The molecule has 0 radical (unpaired) electrons. The molecule has 4 rings (SSSR count). The number of hydrogen-bond acceptors (Lipinski definition) is 5. The molecule has 0 aliphatic carbocycles. The van der Waals surface area contributed by atoms with Crippen LogP contribution in [0.2, 0.25) is 5.02 Å². The Balaban J connectivity index is 1.62.